The lowest BCUT2D eigenvalue weighted by Gasteiger charge is -2.16. The summed E-state index contributed by atoms with van der Waals surface area (Å²) >= 11 is 0. The van der Waals surface area contributed by atoms with Gasteiger partial charge in [-0.05, 0) is 74.4 Å². The lowest BCUT2D eigenvalue weighted by atomic mass is 10.0. The fraction of sp³-hybridized carbons (Fsp3) is 0.172. The van der Waals surface area contributed by atoms with Crippen LogP contribution in [0.2, 0.25) is 0 Å². The molecule has 0 saturated heterocycles. The summed E-state index contributed by atoms with van der Waals surface area (Å²) in [6.07, 6.45) is 0.867. The van der Waals surface area contributed by atoms with Gasteiger partial charge in [0.15, 0.2) is 21.3 Å². The summed E-state index contributed by atoms with van der Waals surface area (Å²) in [6.45, 7) is 5.51. The molecule has 2 aromatic heterocycles. The molecular weight excluding hydrogens is 557 g/mol. The van der Waals surface area contributed by atoms with Gasteiger partial charge in [-0.15, -0.1) is 8.78 Å². The van der Waals surface area contributed by atoms with E-state index in [-0.39, 0.29) is 16.4 Å². The van der Waals surface area contributed by atoms with Gasteiger partial charge < -0.3 is 14.0 Å². The summed E-state index contributed by atoms with van der Waals surface area (Å²) in [5, 5.41) is 0. The summed E-state index contributed by atoms with van der Waals surface area (Å²) < 4.78 is 79.2. The summed E-state index contributed by atoms with van der Waals surface area (Å²) in [4.78, 5) is 9.12. The molecule has 0 bridgehead atoms. The second-order valence-corrected chi connectivity index (χ2v) is 11.9. The summed E-state index contributed by atoms with van der Waals surface area (Å²) in [5.74, 6) is 0.270. The van der Waals surface area contributed by atoms with Crippen molar-refractivity contribution in [3.8, 4) is 45.4 Å². The van der Waals surface area contributed by atoms with E-state index in [1.807, 2.05) is 30.7 Å². The molecule has 1 aliphatic heterocycles. The first-order valence-electron chi connectivity index (χ1n) is 12.4. The number of sulfone groups is 1. The zero-order chi connectivity index (χ0) is 29.3. The molecule has 41 heavy (non-hydrogen) atoms. The second-order valence-electron chi connectivity index (χ2n) is 9.85. The molecule has 12 heteroatoms. The maximum absolute atomic E-state index is 14.6. The predicted octanol–water partition coefficient (Wildman–Crippen LogP) is 6.18. The van der Waals surface area contributed by atoms with Crippen molar-refractivity contribution in [3.63, 3.8) is 0 Å². The highest BCUT2D eigenvalue weighted by atomic mass is 32.2. The van der Waals surface area contributed by atoms with Crippen molar-refractivity contribution in [3.05, 3.63) is 90.0 Å². The van der Waals surface area contributed by atoms with Crippen molar-refractivity contribution in [1.29, 1.82) is 0 Å². The molecule has 210 valence electrons. The topological polar surface area (TPSA) is 88.2 Å². The molecule has 5 aromatic rings. The number of imidazole rings is 2. The first-order valence-corrected chi connectivity index (χ1v) is 14.3. The molecule has 6 rings (SSSR count). The van der Waals surface area contributed by atoms with Crippen LogP contribution in [-0.4, -0.2) is 40.1 Å². The number of rotatable bonds is 5. The number of nitrogens with zero attached hydrogens (tertiary/aromatic N) is 4. The van der Waals surface area contributed by atoms with Gasteiger partial charge in [0.05, 0.1) is 27.7 Å². The van der Waals surface area contributed by atoms with Crippen LogP contribution in [0.4, 0.5) is 13.2 Å². The van der Waals surface area contributed by atoms with Crippen LogP contribution in [0.3, 0.4) is 0 Å². The normalized spacial score (nSPS) is 14.0. The Labute approximate surface area is 233 Å². The van der Waals surface area contributed by atoms with E-state index in [9.17, 15) is 21.6 Å². The fourth-order valence-electron chi connectivity index (χ4n) is 4.88. The first kappa shape index (κ1) is 26.6. The lowest BCUT2D eigenvalue weighted by molar-refractivity contribution is -0.286. The van der Waals surface area contributed by atoms with Gasteiger partial charge in [-0.3, -0.25) is 4.57 Å². The Kier molecular flexibility index (Phi) is 6.00. The molecule has 0 saturated carbocycles. The fourth-order valence-corrected chi connectivity index (χ4v) is 5.55. The van der Waals surface area contributed by atoms with Gasteiger partial charge in [-0.1, -0.05) is 6.07 Å². The number of aryl methyl sites for hydroxylation is 3. The first-order chi connectivity index (χ1) is 19.3. The average molecular weight is 581 g/mol. The van der Waals surface area contributed by atoms with Gasteiger partial charge in [-0.2, -0.15) is 0 Å². The lowest BCUT2D eigenvalue weighted by Crippen LogP contribution is -2.25. The zero-order valence-electron chi connectivity index (χ0n) is 22.3. The van der Waals surface area contributed by atoms with Gasteiger partial charge in [0, 0.05) is 30.3 Å². The van der Waals surface area contributed by atoms with Crippen LogP contribution in [0.1, 0.15) is 17.2 Å². The Hall–Kier alpha value is -4.58. The van der Waals surface area contributed by atoms with Crippen LogP contribution in [0, 0.1) is 26.6 Å². The number of alkyl halides is 2. The Morgan fingerprint density at radius 3 is 2.22 bits per heavy atom. The highest BCUT2D eigenvalue weighted by Crippen LogP contribution is 2.43. The van der Waals surface area contributed by atoms with Crippen LogP contribution in [0.15, 0.2) is 71.9 Å². The number of hydrogen-bond acceptors (Lipinski definition) is 6. The smallest absolute Gasteiger partial charge is 0.395 e. The number of hydrogen-bond donors (Lipinski definition) is 0. The summed E-state index contributed by atoms with van der Waals surface area (Å²) in [5.41, 5.74) is 4.12. The number of ether oxygens (including phenoxy) is 2. The zero-order valence-corrected chi connectivity index (χ0v) is 23.1. The Morgan fingerprint density at radius 1 is 0.805 bits per heavy atom. The minimum Gasteiger partial charge on any atom is -0.395 e. The van der Waals surface area contributed by atoms with Crippen molar-refractivity contribution >= 4 is 9.84 Å². The summed E-state index contributed by atoms with van der Waals surface area (Å²) in [7, 11) is -3.67. The maximum Gasteiger partial charge on any atom is 0.586 e. The molecule has 0 unspecified atom stereocenters. The van der Waals surface area contributed by atoms with Crippen molar-refractivity contribution in [2.75, 3.05) is 6.26 Å². The summed E-state index contributed by atoms with van der Waals surface area (Å²) in [6, 6.07) is 13.4. The van der Waals surface area contributed by atoms with Crippen LogP contribution in [0.25, 0.3) is 33.9 Å². The molecule has 0 fully saturated rings. The molecule has 0 amide bonds. The quantitative estimate of drug-likeness (QED) is 0.247. The highest BCUT2D eigenvalue weighted by Gasteiger charge is 2.43. The molecule has 3 aromatic carbocycles. The van der Waals surface area contributed by atoms with Crippen molar-refractivity contribution < 1.29 is 31.1 Å². The van der Waals surface area contributed by atoms with E-state index >= 15 is 0 Å². The van der Waals surface area contributed by atoms with Crippen molar-refractivity contribution in [1.82, 2.24) is 19.1 Å². The number of halogens is 3. The van der Waals surface area contributed by atoms with E-state index in [4.69, 9.17) is 4.98 Å². The molecule has 1 aliphatic rings. The predicted molar refractivity (Wildman–Crippen MR) is 145 cm³/mol. The van der Waals surface area contributed by atoms with Gasteiger partial charge in [-0.25, -0.2) is 22.8 Å². The molecule has 0 spiro atoms. The van der Waals surface area contributed by atoms with E-state index < -0.39 is 21.9 Å². The maximum atomic E-state index is 14.6. The molecule has 0 radical (unpaired) electrons. The molecule has 0 atom stereocenters. The average Bonchev–Trinajstić information content (AvgIpc) is 3.54. The van der Waals surface area contributed by atoms with Crippen LogP contribution in [0.5, 0.6) is 11.5 Å². The third-order valence-electron chi connectivity index (χ3n) is 6.62. The SMILES string of the molecule is Cc1cn(-c2ccc(-c3cc(F)cc(S(C)(=O)=O)c3)cc2-c2nc(C)cn2-c2ccc3c(c2)OC(F)(F)O3)c(C)n1. The van der Waals surface area contributed by atoms with Crippen LogP contribution < -0.4 is 9.47 Å². The monoisotopic (exact) mass is 580 g/mol. The second kappa shape index (κ2) is 9.23. The molecule has 0 aliphatic carbocycles. The Morgan fingerprint density at radius 2 is 1.51 bits per heavy atom. The Balaban J connectivity index is 1.57. The highest BCUT2D eigenvalue weighted by molar-refractivity contribution is 7.90. The largest absolute Gasteiger partial charge is 0.586 e. The minimum absolute atomic E-state index is 0.0860. The third kappa shape index (κ3) is 4.95. The molecular formula is C29H23F3N4O4S. The van der Waals surface area contributed by atoms with Gasteiger partial charge in [0.25, 0.3) is 0 Å². The third-order valence-corrected chi connectivity index (χ3v) is 7.71. The van der Waals surface area contributed by atoms with Crippen molar-refractivity contribution in [2.45, 2.75) is 32.0 Å². The van der Waals surface area contributed by atoms with E-state index in [2.05, 4.69) is 14.5 Å². The number of fused-ring (bicyclic) bond motifs is 1. The van der Waals surface area contributed by atoms with Crippen molar-refractivity contribution in [2.24, 2.45) is 0 Å². The van der Waals surface area contributed by atoms with E-state index in [0.29, 0.717) is 45.4 Å². The van der Waals surface area contributed by atoms with Gasteiger partial charge in [0.1, 0.15) is 17.5 Å². The van der Waals surface area contributed by atoms with E-state index in [1.54, 1.807) is 35.9 Å². The van der Waals surface area contributed by atoms with Crippen LogP contribution in [-0.2, 0) is 9.84 Å². The van der Waals surface area contributed by atoms with Crippen LogP contribution >= 0.6 is 0 Å². The van der Waals surface area contributed by atoms with Gasteiger partial charge >= 0.3 is 6.29 Å². The number of benzene rings is 3. The number of aromatic nitrogens is 4. The Bertz CT molecular complexity index is 1960. The standard InChI is InChI=1S/C29H23F3N4O4S/c1-16-14-35(18(3)33-16)25-7-5-19(20-9-21(30)12-23(10-20)41(4,37)38)11-24(25)28-34-17(2)15-36(28)22-6-8-26-27(13-22)40-29(31,32)39-26/h5-15H,1-4H3. The molecule has 0 N–H and O–H groups in total. The molecule has 8 nitrogen and oxygen atoms in total. The minimum atomic E-state index is -3.76. The van der Waals surface area contributed by atoms with E-state index in [0.717, 1.165) is 18.0 Å². The van der Waals surface area contributed by atoms with Gasteiger partial charge in [0.2, 0.25) is 0 Å². The van der Waals surface area contributed by atoms with E-state index in [1.165, 1.54) is 24.3 Å². The molecule has 3 heterocycles.